The van der Waals surface area contributed by atoms with Crippen LogP contribution in [0, 0.1) is 19.3 Å². The molecule has 3 heteroatoms. The maximum atomic E-state index is 5.39. The molecule has 0 aliphatic carbocycles. The molecule has 1 atom stereocenters. The molecule has 18 heavy (non-hydrogen) atoms. The van der Waals surface area contributed by atoms with Crippen molar-refractivity contribution in [2.45, 2.75) is 19.9 Å². The van der Waals surface area contributed by atoms with Crippen LogP contribution in [0.15, 0.2) is 18.2 Å². The molecule has 1 unspecified atom stereocenters. The van der Waals surface area contributed by atoms with Crippen molar-refractivity contribution in [1.29, 1.82) is 0 Å². The Morgan fingerprint density at radius 2 is 2.28 bits per heavy atom. The van der Waals surface area contributed by atoms with Gasteiger partial charge < -0.3 is 10.1 Å². The van der Waals surface area contributed by atoms with Gasteiger partial charge in [-0.25, -0.2) is 0 Å². The predicted octanol–water partition coefficient (Wildman–Crippen LogP) is 3.02. The summed E-state index contributed by atoms with van der Waals surface area (Å²) in [6, 6.07) is 6.55. The van der Waals surface area contributed by atoms with Crippen molar-refractivity contribution in [2.24, 2.45) is 0 Å². The molecule has 1 rings (SSSR count). The van der Waals surface area contributed by atoms with Crippen LogP contribution in [0.1, 0.15) is 24.1 Å². The van der Waals surface area contributed by atoms with Crippen LogP contribution in [0.4, 0.5) is 0 Å². The van der Waals surface area contributed by atoms with Gasteiger partial charge in [-0.2, -0.15) is 0 Å². The van der Waals surface area contributed by atoms with Gasteiger partial charge in [0.1, 0.15) is 5.75 Å². The molecule has 0 bridgehead atoms. The monoisotopic (exact) mass is 263 g/mol. The SMILES string of the molecule is C#CCSCCNC(C)c1cc(C)ccc1OC. The first-order valence-corrected chi connectivity index (χ1v) is 7.23. The zero-order chi connectivity index (χ0) is 13.4. The summed E-state index contributed by atoms with van der Waals surface area (Å²) in [5.74, 6) is 5.38. The van der Waals surface area contributed by atoms with E-state index in [0.29, 0.717) is 0 Å². The number of methoxy groups -OCH3 is 1. The molecule has 1 aromatic carbocycles. The predicted molar refractivity (Wildman–Crippen MR) is 80.3 cm³/mol. The topological polar surface area (TPSA) is 21.3 Å². The zero-order valence-electron chi connectivity index (χ0n) is 11.3. The molecule has 0 heterocycles. The summed E-state index contributed by atoms with van der Waals surface area (Å²) in [6.45, 7) is 5.20. The minimum absolute atomic E-state index is 0.284. The lowest BCUT2D eigenvalue weighted by atomic mass is 10.0. The van der Waals surface area contributed by atoms with Gasteiger partial charge in [0.15, 0.2) is 0 Å². The fourth-order valence-corrected chi connectivity index (χ4v) is 2.31. The van der Waals surface area contributed by atoms with Gasteiger partial charge in [-0.1, -0.05) is 23.6 Å². The minimum atomic E-state index is 0.284. The molecule has 0 spiro atoms. The Kier molecular flexibility index (Phi) is 6.70. The van der Waals surface area contributed by atoms with E-state index in [1.54, 1.807) is 18.9 Å². The Morgan fingerprint density at radius 3 is 2.94 bits per heavy atom. The van der Waals surface area contributed by atoms with E-state index < -0.39 is 0 Å². The first kappa shape index (κ1) is 14.9. The molecule has 1 N–H and O–H groups in total. The second kappa shape index (κ2) is 8.07. The molecule has 0 fully saturated rings. The number of benzene rings is 1. The van der Waals surface area contributed by atoms with E-state index >= 15 is 0 Å². The van der Waals surface area contributed by atoms with Crippen LogP contribution >= 0.6 is 11.8 Å². The van der Waals surface area contributed by atoms with Crippen molar-refractivity contribution in [2.75, 3.05) is 25.2 Å². The molecule has 0 aliphatic heterocycles. The molecule has 0 saturated carbocycles. The summed E-state index contributed by atoms with van der Waals surface area (Å²) in [5, 5.41) is 3.49. The lowest BCUT2D eigenvalue weighted by Crippen LogP contribution is -2.22. The van der Waals surface area contributed by atoms with E-state index in [-0.39, 0.29) is 6.04 Å². The van der Waals surface area contributed by atoms with Crippen LogP contribution in [0.25, 0.3) is 0 Å². The standard InChI is InChI=1S/C15H21NOS/c1-5-9-18-10-8-16-13(3)14-11-12(2)6-7-15(14)17-4/h1,6-7,11,13,16H,8-10H2,2-4H3. The van der Waals surface area contributed by atoms with Crippen molar-refractivity contribution >= 4 is 11.8 Å². The zero-order valence-corrected chi connectivity index (χ0v) is 12.1. The molecule has 0 radical (unpaired) electrons. The van der Waals surface area contributed by atoms with E-state index in [2.05, 4.69) is 37.2 Å². The third kappa shape index (κ3) is 4.64. The highest BCUT2D eigenvalue weighted by Crippen LogP contribution is 2.25. The highest BCUT2D eigenvalue weighted by Gasteiger charge is 2.10. The van der Waals surface area contributed by atoms with E-state index in [4.69, 9.17) is 11.2 Å². The highest BCUT2D eigenvalue weighted by atomic mass is 32.2. The van der Waals surface area contributed by atoms with Gasteiger partial charge in [0, 0.05) is 23.9 Å². The smallest absolute Gasteiger partial charge is 0.123 e. The van der Waals surface area contributed by atoms with E-state index in [1.807, 2.05) is 6.07 Å². The van der Waals surface area contributed by atoms with Crippen LogP contribution in [0.2, 0.25) is 0 Å². The number of hydrogen-bond acceptors (Lipinski definition) is 3. The fourth-order valence-electron chi connectivity index (χ4n) is 1.78. The normalized spacial score (nSPS) is 11.9. The average Bonchev–Trinajstić information content (AvgIpc) is 2.38. The van der Waals surface area contributed by atoms with Gasteiger partial charge >= 0.3 is 0 Å². The number of rotatable bonds is 7. The number of thioether (sulfide) groups is 1. The van der Waals surface area contributed by atoms with Gasteiger partial charge in [0.05, 0.1) is 12.9 Å². The number of aryl methyl sites for hydroxylation is 1. The third-order valence-corrected chi connectivity index (χ3v) is 3.60. The summed E-state index contributed by atoms with van der Waals surface area (Å²) >= 11 is 1.77. The van der Waals surface area contributed by atoms with Crippen molar-refractivity contribution in [3.8, 4) is 18.1 Å². The molecule has 1 aromatic rings. The average molecular weight is 263 g/mol. The minimum Gasteiger partial charge on any atom is -0.496 e. The van der Waals surface area contributed by atoms with Crippen molar-refractivity contribution in [1.82, 2.24) is 5.32 Å². The Morgan fingerprint density at radius 1 is 1.50 bits per heavy atom. The van der Waals surface area contributed by atoms with Gasteiger partial charge in [0.25, 0.3) is 0 Å². The summed E-state index contributed by atoms with van der Waals surface area (Å²) < 4.78 is 5.39. The summed E-state index contributed by atoms with van der Waals surface area (Å²) in [5.41, 5.74) is 2.46. The number of hydrogen-bond donors (Lipinski definition) is 1. The molecule has 0 aliphatic rings. The first-order chi connectivity index (χ1) is 8.69. The van der Waals surface area contributed by atoms with Crippen LogP contribution in [0.3, 0.4) is 0 Å². The summed E-state index contributed by atoms with van der Waals surface area (Å²) in [4.78, 5) is 0. The van der Waals surface area contributed by atoms with Gasteiger partial charge in [-0.3, -0.25) is 0 Å². The van der Waals surface area contributed by atoms with Crippen LogP contribution < -0.4 is 10.1 Å². The molecule has 2 nitrogen and oxygen atoms in total. The largest absolute Gasteiger partial charge is 0.496 e. The van der Waals surface area contributed by atoms with Gasteiger partial charge in [-0.15, -0.1) is 18.2 Å². The molecule has 0 saturated heterocycles. The van der Waals surface area contributed by atoms with Crippen molar-refractivity contribution < 1.29 is 4.74 Å². The second-order valence-electron chi connectivity index (χ2n) is 4.18. The molecule has 0 aromatic heterocycles. The van der Waals surface area contributed by atoms with Crippen molar-refractivity contribution in [3.05, 3.63) is 29.3 Å². The number of nitrogens with one attached hydrogen (secondary N) is 1. The van der Waals surface area contributed by atoms with E-state index in [0.717, 1.165) is 23.8 Å². The molecule has 98 valence electrons. The molecular formula is C15H21NOS. The number of ether oxygens (including phenoxy) is 1. The fraction of sp³-hybridized carbons (Fsp3) is 0.467. The van der Waals surface area contributed by atoms with Gasteiger partial charge in [0.2, 0.25) is 0 Å². The highest BCUT2D eigenvalue weighted by molar-refractivity contribution is 7.99. The molecule has 0 amide bonds. The quantitative estimate of drug-likeness (QED) is 0.603. The Bertz CT molecular complexity index is 411. The van der Waals surface area contributed by atoms with E-state index in [9.17, 15) is 0 Å². The lowest BCUT2D eigenvalue weighted by molar-refractivity contribution is 0.402. The first-order valence-electron chi connectivity index (χ1n) is 6.08. The Labute approximate surface area is 115 Å². The lowest BCUT2D eigenvalue weighted by Gasteiger charge is -2.17. The van der Waals surface area contributed by atoms with Crippen LogP contribution in [0.5, 0.6) is 5.75 Å². The van der Waals surface area contributed by atoms with Crippen LogP contribution in [-0.2, 0) is 0 Å². The van der Waals surface area contributed by atoms with Crippen molar-refractivity contribution in [3.63, 3.8) is 0 Å². The maximum absolute atomic E-state index is 5.39. The Hall–Kier alpha value is -1.11. The number of terminal acetylenes is 1. The summed E-state index contributed by atoms with van der Waals surface area (Å²) in [6.07, 6.45) is 5.21. The van der Waals surface area contributed by atoms with Crippen LogP contribution in [-0.4, -0.2) is 25.2 Å². The van der Waals surface area contributed by atoms with Gasteiger partial charge in [-0.05, 0) is 19.9 Å². The maximum Gasteiger partial charge on any atom is 0.123 e. The third-order valence-electron chi connectivity index (χ3n) is 2.73. The Balaban J connectivity index is 2.53. The molecular weight excluding hydrogens is 242 g/mol. The second-order valence-corrected chi connectivity index (χ2v) is 5.28. The summed E-state index contributed by atoms with van der Waals surface area (Å²) in [7, 11) is 1.71. The van der Waals surface area contributed by atoms with E-state index in [1.165, 1.54) is 11.1 Å².